The van der Waals surface area contributed by atoms with Crippen molar-refractivity contribution in [3.8, 4) is 0 Å². The van der Waals surface area contributed by atoms with Gasteiger partial charge in [0.1, 0.15) is 5.78 Å². The van der Waals surface area contributed by atoms with Crippen molar-refractivity contribution < 1.29 is 56.9 Å². The van der Waals surface area contributed by atoms with Crippen LogP contribution in [0.2, 0.25) is 0 Å². The highest BCUT2D eigenvalue weighted by atomic mass is 16.6. The van der Waals surface area contributed by atoms with E-state index in [0.29, 0.717) is 178 Å². The topological polar surface area (TPSA) is 193 Å². The number of hydrogen-bond acceptors (Lipinski definition) is 14. The minimum absolute atomic E-state index is 0.157. The molecule has 16 heteroatoms. The van der Waals surface area contributed by atoms with E-state index in [1.165, 1.54) is 0 Å². The van der Waals surface area contributed by atoms with Crippen LogP contribution in [-0.2, 0) is 56.9 Å². The number of rotatable bonds is 39. The highest BCUT2D eigenvalue weighted by Gasteiger charge is 2.02. The van der Waals surface area contributed by atoms with Crippen LogP contribution in [0.5, 0.6) is 0 Å². The molecule has 44 heavy (non-hydrogen) atoms. The monoisotopic (exact) mass is 640 g/mol. The van der Waals surface area contributed by atoms with E-state index in [0.717, 1.165) is 0 Å². The van der Waals surface area contributed by atoms with Crippen LogP contribution in [0.3, 0.4) is 0 Å². The summed E-state index contributed by atoms with van der Waals surface area (Å²) < 4.78 is 59.2. The summed E-state index contributed by atoms with van der Waals surface area (Å²) in [6.45, 7) is 11.4. The number of azide groups is 1. The summed E-state index contributed by atoms with van der Waals surface area (Å²) in [6.07, 6.45) is 1.54. The molecular formula is C28H56N4O12. The first-order valence-corrected chi connectivity index (χ1v) is 15.4. The zero-order valence-electron chi connectivity index (χ0n) is 26.4. The molecule has 0 rings (SSSR count). The molecule has 0 spiro atoms. The number of Topliss-reactive ketones (excluding diaryl/α,β-unsaturated/α-hetero) is 1. The lowest BCUT2D eigenvalue weighted by atomic mass is 10.2. The van der Waals surface area contributed by atoms with E-state index < -0.39 is 0 Å². The van der Waals surface area contributed by atoms with Gasteiger partial charge in [0.05, 0.1) is 139 Å². The molecule has 16 nitrogen and oxygen atoms in total. The molecule has 0 fully saturated rings. The molecule has 0 aliphatic heterocycles. The van der Waals surface area contributed by atoms with E-state index in [-0.39, 0.29) is 5.78 Å². The molecule has 0 atom stereocenters. The van der Waals surface area contributed by atoms with Gasteiger partial charge in [-0.3, -0.25) is 4.79 Å². The molecular weight excluding hydrogens is 584 g/mol. The number of ether oxygens (including phenoxy) is 11. The van der Waals surface area contributed by atoms with Crippen molar-refractivity contribution in [1.29, 1.82) is 0 Å². The molecule has 0 aromatic heterocycles. The first-order chi connectivity index (χ1) is 21.8. The second-order valence-corrected chi connectivity index (χ2v) is 8.87. The van der Waals surface area contributed by atoms with E-state index in [9.17, 15) is 4.79 Å². The van der Waals surface area contributed by atoms with Crippen LogP contribution in [0.1, 0.15) is 19.3 Å². The number of carbonyl (C=O) groups excluding carboxylic acids is 1. The first-order valence-electron chi connectivity index (χ1n) is 15.4. The Morgan fingerprint density at radius 1 is 0.455 bits per heavy atom. The van der Waals surface area contributed by atoms with Gasteiger partial charge >= 0.3 is 0 Å². The van der Waals surface area contributed by atoms with Crippen LogP contribution in [0.15, 0.2) is 5.11 Å². The molecule has 0 aromatic rings. The number of ketones is 1. The molecule has 0 saturated heterocycles. The minimum Gasteiger partial charge on any atom is -0.379 e. The normalized spacial score (nSPS) is 11.2. The maximum atomic E-state index is 11.9. The second kappa shape index (κ2) is 39.5. The smallest absolute Gasteiger partial charge is 0.135 e. The lowest BCUT2D eigenvalue weighted by molar-refractivity contribution is -0.120. The van der Waals surface area contributed by atoms with E-state index in [4.69, 9.17) is 63.4 Å². The first kappa shape index (κ1) is 42.5. The largest absolute Gasteiger partial charge is 0.379 e. The van der Waals surface area contributed by atoms with Gasteiger partial charge < -0.3 is 57.8 Å². The molecule has 0 radical (unpaired) electrons. The fraction of sp³-hybridized carbons (Fsp3) is 0.964. The number of carbonyl (C=O) groups is 1. The summed E-state index contributed by atoms with van der Waals surface area (Å²) >= 11 is 0. The SMILES string of the molecule is [N-]=[N+]=NCCOCCOCCOCCOCCOCCOCCC(=O)CCCOCCOCCOCCOCCOCCN. The summed E-state index contributed by atoms with van der Waals surface area (Å²) in [4.78, 5) is 14.6. The van der Waals surface area contributed by atoms with Crippen LogP contribution in [0.4, 0.5) is 0 Å². The van der Waals surface area contributed by atoms with E-state index in [2.05, 4.69) is 10.0 Å². The Morgan fingerprint density at radius 3 is 1.14 bits per heavy atom. The number of hydrogen-bond donors (Lipinski definition) is 1. The van der Waals surface area contributed by atoms with Gasteiger partial charge in [0.2, 0.25) is 0 Å². The zero-order chi connectivity index (χ0) is 31.9. The second-order valence-electron chi connectivity index (χ2n) is 8.87. The van der Waals surface area contributed by atoms with Crippen molar-refractivity contribution in [1.82, 2.24) is 0 Å². The average Bonchev–Trinajstić information content (AvgIpc) is 3.03. The quantitative estimate of drug-likeness (QED) is 0.0436. The summed E-state index contributed by atoms with van der Waals surface area (Å²) in [5.41, 5.74) is 13.5. The zero-order valence-corrected chi connectivity index (χ0v) is 26.4. The Labute approximate surface area is 261 Å². The summed E-state index contributed by atoms with van der Waals surface area (Å²) in [7, 11) is 0. The Morgan fingerprint density at radius 2 is 0.773 bits per heavy atom. The van der Waals surface area contributed by atoms with E-state index in [1.807, 2.05) is 0 Å². The highest BCUT2D eigenvalue weighted by Crippen LogP contribution is 1.97. The van der Waals surface area contributed by atoms with Gasteiger partial charge in [-0.2, -0.15) is 0 Å². The molecule has 0 aromatic carbocycles. The fourth-order valence-electron chi connectivity index (χ4n) is 3.10. The minimum atomic E-state index is 0.157. The predicted molar refractivity (Wildman–Crippen MR) is 161 cm³/mol. The molecule has 2 N–H and O–H groups in total. The third kappa shape index (κ3) is 38.5. The number of nitrogens with zero attached hydrogens (tertiary/aromatic N) is 3. The molecule has 260 valence electrons. The average molecular weight is 641 g/mol. The lowest BCUT2D eigenvalue weighted by Crippen LogP contribution is -2.15. The van der Waals surface area contributed by atoms with Crippen molar-refractivity contribution in [2.24, 2.45) is 10.8 Å². The van der Waals surface area contributed by atoms with Crippen LogP contribution in [0.25, 0.3) is 10.4 Å². The van der Waals surface area contributed by atoms with Gasteiger partial charge in [0, 0.05) is 37.4 Å². The molecule has 0 unspecified atom stereocenters. The standard InChI is InChI=1S/C28H56N4O12/c29-4-8-36-12-16-40-20-24-42-22-18-38-14-10-34-6-1-2-28(33)3-7-35-11-15-39-19-23-43-26-27-44-25-21-41-17-13-37-9-5-31-32-30/h1-27,29H2. The molecule has 0 amide bonds. The van der Waals surface area contributed by atoms with Crippen molar-refractivity contribution in [2.75, 3.05) is 158 Å². The van der Waals surface area contributed by atoms with Gasteiger partial charge in [0.25, 0.3) is 0 Å². The Hall–Kier alpha value is -1.50. The number of nitrogens with two attached hydrogens (primary N) is 1. The maximum Gasteiger partial charge on any atom is 0.135 e. The molecule has 0 heterocycles. The Kier molecular flexibility index (Phi) is 38.2. The van der Waals surface area contributed by atoms with Gasteiger partial charge in [-0.1, -0.05) is 5.11 Å². The van der Waals surface area contributed by atoms with Crippen LogP contribution in [0, 0.1) is 0 Å². The van der Waals surface area contributed by atoms with Gasteiger partial charge in [-0.15, -0.1) is 0 Å². The van der Waals surface area contributed by atoms with Crippen molar-refractivity contribution in [2.45, 2.75) is 19.3 Å². The lowest BCUT2D eigenvalue weighted by Gasteiger charge is -2.08. The van der Waals surface area contributed by atoms with Crippen molar-refractivity contribution >= 4 is 5.78 Å². The highest BCUT2D eigenvalue weighted by molar-refractivity contribution is 5.78. The summed E-state index contributed by atoms with van der Waals surface area (Å²) in [6, 6.07) is 0. The Bertz CT molecular complexity index is 633. The maximum absolute atomic E-state index is 11.9. The van der Waals surface area contributed by atoms with E-state index in [1.54, 1.807) is 0 Å². The molecule has 0 bridgehead atoms. The summed E-state index contributed by atoms with van der Waals surface area (Å²) in [5.74, 6) is 0.157. The van der Waals surface area contributed by atoms with Crippen molar-refractivity contribution in [3.63, 3.8) is 0 Å². The predicted octanol–water partition coefficient (Wildman–Crippen LogP) is 1.18. The summed E-state index contributed by atoms with van der Waals surface area (Å²) in [5, 5.41) is 3.37. The third-order valence-corrected chi connectivity index (χ3v) is 5.28. The fourth-order valence-corrected chi connectivity index (χ4v) is 3.10. The molecule has 0 aliphatic carbocycles. The molecule has 0 aliphatic rings. The van der Waals surface area contributed by atoms with E-state index >= 15 is 0 Å². The van der Waals surface area contributed by atoms with Gasteiger partial charge in [0.15, 0.2) is 0 Å². The Balaban J connectivity index is 3.15. The van der Waals surface area contributed by atoms with Crippen molar-refractivity contribution in [3.05, 3.63) is 10.4 Å². The van der Waals surface area contributed by atoms with Crippen LogP contribution >= 0.6 is 0 Å². The van der Waals surface area contributed by atoms with Gasteiger partial charge in [-0.05, 0) is 12.0 Å². The van der Waals surface area contributed by atoms with Crippen LogP contribution in [-0.4, -0.2) is 164 Å². The van der Waals surface area contributed by atoms with Crippen LogP contribution < -0.4 is 5.73 Å². The third-order valence-electron chi connectivity index (χ3n) is 5.28. The molecule has 0 saturated carbocycles. The van der Waals surface area contributed by atoms with Gasteiger partial charge in [-0.25, -0.2) is 0 Å².